The lowest BCUT2D eigenvalue weighted by Crippen LogP contribution is -2.64. The molecule has 0 heterocycles. The van der Waals surface area contributed by atoms with E-state index in [0.29, 0.717) is 13.0 Å². The van der Waals surface area contributed by atoms with Crippen LogP contribution in [0.2, 0.25) is 0 Å². The van der Waals surface area contributed by atoms with Crippen LogP contribution in [0.4, 0.5) is 0 Å². The first-order valence-corrected chi connectivity index (χ1v) is 28.0. The van der Waals surface area contributed by atoms with Gasteiger partial charge in [-0.1, -0.05) is 184 Å². The van der Waals surface area contributed by atoms with E-state index in [4.69, 9.17) is 18.5 Å². The Labute approximate surface area is 401 Å². The Kier molecular flexibility index (Phi) is 40.9. The molecule has 13 heteroatoms. The Hall–Kier alpha value is -1.70. The van der Waals surface area contributed by atoms with Crippen molar-refractivity contribution in [1.82, 2.24) is 0 Å². The molecule has 0 aromatic rings. The highest BCUT2D eigenvalue weighted by Gasteiger charge is 2.51. The smallest absolute Gasteiger partial charge is 0.457 e. The van der Waals surface area contributed by atoms with Gasteiger partial charge in [0.25, 0.3) is 0 Å². The second kappa shape index (κ2) is 43.3. The maximum absolute atomic E-state index is 12.9. The van der Waals surface area contributed by atoms with E-state index in [2.05, 4.69) is 62.5 Å². The summed E-state index contributed by atoms with van der Waals surface area (Å²) in [4.78, 5) is 23.2. The van der Waals surface area contributed by atoms with Gasteiger partial charge in [0.2, 0.25) is 0 Å². The molecule has 1 saturated carbocycles. The molecular weight excluding hydrogens is 860 g/mol. The van der Waals surface area contributed by atoms with Gasteiger partial charge >= 0.3 is 13.8 Å². The van der Waals surface area contributed by atoms with Crippen LogP contribution in [0, 0.1) is 0 Å². The molecule has 6 unspecified atom stereocenters. The largest absolute Gasteiger partial charge is 0.472 e. The van der Waals surface area contributed by atoms with Gasteiger partial charge in [-0.2, -0.15) is 0 Å². The normalized spacial score (nSPS) is 21.8. The summed E-state index contributed by atoms with van der Waals surface area (Å²) < 4.78 is 34.3. The second-order valence-electron chi connectivity index (χ2n) is 18.4. The number of hydrogen-bond donors (Lipinski definition) is 6. The van der Waals surface area contributed by atoms with Crippen molar-refractivity contribution in [2.24, 2.45) is 0 Å². The fraction of sp³-hybridized carbons (Fsp3) is 0.830. The van der Waals surface area contributed by atoms with E-state index in [9.17, 15) is 39.8 Å². The number of aliphatic hydroxyl groups is 5. The summed E-state index contributed by atoms with van der Waals surface area (Å²) in [5.74, 6) is -0.485. The summed E-state index contributed by atoms with van der Waals surface area (Å²) in [6, 6.07) is 0. The predicted octanol–water partition coefficient (Wildman–Crippen LogP) is 12.0. The molecule has 66 heavy (non-hydrogen) atoms. The van der Waals surface area contributed by atoms with Crippen molar-refractivity contribution in [2.45, 2.75) is 262 Å². The third kappa shape index (κ3) is 34.6. The Balaban J connectivity index is 2.33. The van der Waals surface area contributed by atoms with Gasteiger partial charge in [0, 0.05) is 13.0 Å². The molecule has 0 radical (unpaired) electrons. The molecule has 12 nitrogen and oxygen atoms in total. The zero-order valence-corrected chi connectivity index (χ0v) is 42.4. The van der Waals surface area contributed by atoms with Crippen LogP contribution >= 0.6 is 7.82 Å². The number of allylic oxidation sites excluding steroid dienone is 8. The standard InChI is InChI=1S/C53H97O12P/c1-3-5-7-9-11-13-15-17-19-21-22-23-24-25-27-29-31-33-35-37-39-41-43-62-44-46(45-63-66(60,61)65-53-51(58)49(56)48(55)50(57)52(53)59)64-47(54)42-40-38-36-34-32-30-28-26-20-18-16-14-12-10-8-6-4-2/h12,14-15,17-18,20-22,46,48-53,55-59H,3-11,13,16,19,23-45H2,1-2H3,(H,60,61)/b14-12-,17-15-,20-18-,22-21-. The zero-order valence-electron chi connectivity index (χ0n) is 41.5. The number of carbonyl (C=O) groups is 1. The fourth-order valence-corrected chi connectivity index (χ4v) is 8.92. The number of rotatable bonds is 45. The maximum atomic E-state index is 12.9. The number of carbonyl (C=O) groups excluding carboxylic acids is 1. The van der Waals surface area contributed by atoms with Crippen molar-refractivity contribution in [1.29, 1.82) is 0 Å². The highest BCUT2D eigenvalue weighted by Crippen LogP contribution is 2.47. The number of aliphatic hydroxyl groups excluding tert-OH is 5. The quantitative estimate of drug-likeness (QED) is 0.0147. The van der Waals surface area contributed by atoms with E-state index in [-0.39, 0.29) is 13.0 Å². The minimum absolute atomic E-state index is 0.0823. The van der Waals surface area contributed by atoms with Crippen molar-refractivity contribution < 1.29 is 58.3 Å². The molecule has 6 atom stereocenters. The first-order chi connectivity index (χ1) is 32.0. The predicted molar refractivity (Wildman–Crippen MR) is 267 cm³/mol. The zero-order chi connectivity index (χ0) is 48.4. The highest BCUT2D eigenvalue weighted by atomic mass is 31.2. The van der Waals surface area contributed by atoms with Crippen LogP contribution in [-0.4, -0.2) is 98.9 Å². The number of phosphoric acid groups is 1. The van der Waals surface area contributed by atoms with Crippen molar-refractivity contribution >= 4 is 13.8 Å². The van der Waals surface area contributed by atoms with Crippen molar-refractivity contribution in [3.8, 4) is 0 Å². The van der Waals surface area contributed by atoms with Gasteiger partial charge in [-0.3, -0.25) is 13.8 Å². The van der Waals surface area contributed by atoms with Crippen molar-refractivity contribution in [2.75, 3.05) is 19.8 Å². The molecule has 0 amide bonds. The molecule has 0 saturated heterocycles. The van der Waals surface area contributed by atoms with Gasteiger partial charge in [0.1, 0.15) is 42.7 Å². The molecule has 0 bridgehead atoms. The lowest BCUT2D eigenvalue weighted by Gasteiger charge is -2.41. The third-order valence-corrected chi connectivity index (χ3v) is 13.2. The van der Waals surface area contributed by atoms with Crippen molar-refractivity contribution in [3.05, 3.63) is 48.6 Å². The molecule has 1 aliphatic rings. The topological polar surface area (TPSA) is 192 Å². The number of hydrogen-bond acceptors (Lipinski definition) is 11. The van der Waals surface area contributed by atoms with E-state index < -0.39 is 63.1 Å². The highest BCUT2D eigenvalue weighted by molar-refractivity contribution is 7.47. The van der Waals surface area contributed by atoms with Crippen LogP contribution in [0.3, 0.4) is 0 Å². The summed E-state index contributed by atoms with van der Waals surface area (Å²) in [6.45, 7) is 4.23. The van der Waals surface area contributed by atoms with Crippen LogP contribution in [-0.2, 0) is 27.9 Å². The van der Waals surface area contributed by atoms with Crippen LogP contribution in [0.25, 0.3) is 0 Å². The minimum atomic E-state index is -5.03. The van der Waals surface area contributed by atoms with Crippen LogP contribution < -0.4 is 0 Å². The molecule has 386 valence electrons. The Morgan fingerprint density at radius 1 is 0.485 bits per heavy atom. The van der Waals surface area contributed by atoms with Crippen LogP contribution in [0.5, 0.6) is 0 Å². The Morgan fingerprint density at radius 2 is 0.848 bits per heavy atom. The number of esters is 1. The SMILES string of the molecule is CCCCC/C=C\C/C=C\CCCCCCCCCC(=O)OC(COCCCCCCCCCCCC/C=C\C/C=C\CCCCCCC)COP(=O)(O)OC1C(O)C(O)C(O)C(O)C1O. The minimum Gasteiger partial charge on any atom is -0.457 e. The van der Waals surface area contributed by atoms with E-state index >= 15 is 0 Å². The summed E-state index contributed by atoms with van der Waals surface area (Å²) in [5, 5.41) is 50.3. The van der Waals surface area contributed by atoms with Crippen LogP contribution in [0.1, 0.15) is 219 Å². The van der Waals surface area contributed by atoms with Gasteiger partial charge in [-0.25, -0.2) is 4.57 Å². The van der Waals surface area contributed by atoms with E-state index in [1.54, 1.807) is 0 Å². The first kappa shape index (κ1) is 62.3. The first-order valence-electron chi connectivity index (χ1n) is 26.5. The van der Waals surface area contributed by atoms with Gasteiger partial charge < -0.3 is 39.9 Å². The molecule has 0 spiro atoms. The molecule has 6 N–H and O–H groups in total. The maximum Gasteiger partial charge on any atom is 0.472 e. The third-order valence-electron chi connectivity index (χ3n) is 12.2. The molecule has 1 aliphatic carbocycles. The Morgan fingerprint density at radius 3 is 1.30 bits per heavy atom. The van der Waals surface area contributed by atoms with E-state index in [0.717, 1.165) is 70.6 Å². The molecule has 0 aromatic carbocycles. The lowest BCUT2D eigenvalue weighted by molar-refractivity contribution is -0.220. The lowest BCUT2D eigenvalue weighted by atomic mass is 9.85. The molecule has 1 fully saturated rings. The monoisotopic (exact) mass is 957 g/mol. The average molecular weight is 957 g/mol. The number of phosphoric ester groups is 1. The van der Waals surface area contributed by atoms with Crippen molar-refractivity contribution in [3.63, 3.8) is 0 Å². The summed E-state index contributed by atoms with van der Waals surface area (Å²) in [6.07, 6.45) is 41.7. The fourth-order valence-electron chi connectivity index (χ4n) is 7.95. The van der Waals surface area contributed by atoms with Gasteiger partial charge in [0.15, 0.2) is 0 Å². The molecular formula is C53H97O12P. The molecule has 1 rings (SSSR count). The van der Waals surface area contributed by atoms with E-state index in [1.807, 2.05) is 0 Å². The number of ether oxygens (including phenoxy) is 2. The summed E-state index contributed by atoms with van der Waals surface area (Å²) in [5.41, 5.74) is 0. The van der Waals surface area contributed by atoms with Gasteiger partial charge in [-0.05, 0) is 77.0 Å². The summed E-state index contributed by atoms with van der Waals surface area (Å²) in [7, 11) is -5.03. The Bertz CT molecular complexity index is 1270. The number of unbranched alkanes of at least 4 members (excludes halogenated alkanes) is 25. The molecule has 0 aliphatic heterocycles. The second-order valence-corrected chi connectivity index (χ2v) is 19.8. The summed E-state index contributed by atoms with van der Waals surface area (Å²) >= 11 is 0. The van der Waals surface area contributed by atoms with Gasteiger partial charge in [0.05, 0.1) is 13.2 Å². The van der Waals surface area contributed by atoms with Gasteiger partial charge in [-0.15, -0.1) is 0 Å². The van der Waals surface area contributed by atoms with E-state index in [1.165, 1.54) is 122 Å². The molecule has 0 aromatic heterocycles. The average Bonchev–Trinajstić information content (AvgIpc) is 3.30. The van der Waals surface area contributed by atoms with Crippen LogP contribution in [0.15, 0.2) is 48.6 Å².